The first-order chi connectivity index (χ1) is 8.29. The van der Waals surface area contributed by atoms with Gasteiger partial charge >= 0.3 is 0 Å². The number of pyridine rings is 1. The zero-order valence-corrected chi connectivity index (χ0v) is 10.4. The van der Waals surface area contributed by atoms with Crippen molar-refractivity contribution < 1.29 is 4.74 Å². The van der Waals surface area contributed by atoms with E-state index in [1.807, 2.05) is 12.1 Å². The molecule has 2 rings (SSSR count). The van der Waals surface area contributed by atoms with Crippen LogP contribution in [-0.2, 0) is 4.74 Å². The van der Waals surface area contributed by atoms with Crippen LogP contribution >= 0.6 is 0 Å². The van der Waals surface area contributed by atoms with Crippen molar-refractivity contribution in [2.75, 3.05) is 37.4 Å². The molecule has 0 aliphatic carbocycles. The third kappa shape index (κ3) is 3.33. The maximum absolute atomic E-state index is 5.64. The summed E-state index contributed by atoms with van der Waals surface area (Å²) in [6.45, 7) is 3.06. The fourth-order valence-corrected chi connectivity index (χ4v) is 2.32. The Bertz CT molecular complexity index is 331. The fraction of sp³-hybridized carbons (Fsp3) is 0.615. The van der Waals surface area contributed by atoms with Crippen LogP contribution in [0.1, 0.15) is 19.3 Å². The number of anilines is 2. The molecule has 1 aliphatic heterocycles. The molecular weight excluding hydrogens is 214 g/mol. The first-order valence-electron chi connectivity index (χ1n) is 6.25. The Kier molecular flexibility index (Phi) is 4.20. The van der Waals surface area contributed by atoms with Gasteiger partial charge in [0.1, 0.15) is 5.82 Å². The van der Waals surface area contributed by atoms with Crippen LogP contribution in [0.5, 0.6) is 0 Å². The Labute approximate surface area is 103 Å². The van der Waals surface area contributed by atoms with Crippen molar-refractivity contribution in [1.29, 1.82) is 0 Å². The molecule has 0 unspecified atom stereocenters. The van der Waals surface area contributed by atoms with Crippen molar-refractivity contribution >= 4 is 11.5 Å². The van der Waals surface area contributed by atoms with Crippen molar-refractivity contribution in [2.45, 2.75) is 19.3 Å². The van der Waals surface area contributed by atoms with Gasteiger partial charge in [-0.05, 0) is 37.3 Å². The molecule has 2 N–H and O–H groups in total. The van der Waals surface area contributed by atoms with Gasteiger partial charge in [-0.25, -0.2) is 4.98 Å². The maximum Gasteiger partial charge on any atom is 0.128 e. The number of ether oxygens (including phenoxy) is 1. The van der Waals surface area contributed by atoms with Crippen molar-refractivity contribution in [3.8, 4) is 0 Å². The lowest BCUT2D eigenvalue weighted by Crippen LogP contribution is -2.34. The van der Waals surface area contributed by atoms with E-state index < -0.39 is 0 Å². The minimum Gasteiger partial charge on any atom is -0.397 e. The Morgan fingerprint density at radius 1 is 1.41 bits per heavy atom. The van der Waals surface area contributed by atoms with E-state index >= 15 is 0 Å². The Morgan fingerprint density at radius 3 is 2.76 bits per heavy atom. The van der Waals surface area contributed by atoms with Crippen LogP contribution in [0.3, 0.4) is 0 Å². The number of nitrogen functional groups attached to an aromatic ring is 1. The first-order valence-corrected chi connectivity index (χ1v) is 6.25. The molecule has 0 bridgehead atoms. The summed E-state index contributed by atoms with van der Waals surface area (Å²) in [4.78, 5) is 6.70. The lowest BCUT2D eigenvalue weighted by molar-refractivity contribution is 0.170. The molecule has 4 nitrogen and oxygen atoms in total. The van der Waals surface area contributed by atoms with Gasteiger partial charge in [-0.15, -0.1) is 0 Å². The van der Waals surface area contributed by atoms with Gasteiger partial charge in [0.25, 0.3) is 0 Å². The van der Waals surface area contributed by atoms with Gasteiger partial charge in [-0.3, -0.25) is 0 Å². The second-order valence-electron chi connectivity index (χ2n) is 4.66. The second kappa shape index (κ2) is 5.87. The smallest absolute Gasteiger partial charge is 0.128 e. The predicted octanol–water partition coefficient (Wildman–Crippen LogP) is 1.92. The van der Waals surface area contributed by atoms with Crippen molar-refractivity contribution in [2.24, 2.45) is 5.92 Å². The average molecular weight is 235 g/mol. The van der Waals surface area contributed by atoms with Crippen molar-refractivity contribution in [3.05, 3.63) is 18.3 Å². The number of nitrogens with two attached hydrogens (primary N) is 1. The van der Waals surface area contributed by atoms with Crippen LogP contribution < -0.4 is 10.6 Å². The highest BCUT2D eigenvalue weighted by Gasteiger charge is 2.19. The molecule has 17 heavy (non-hydrogen) atoms. The highest BCUT2D eigenvalue weighted by molar-refractivity contribution is 5.45. The summed E-state index contributed by atoms with van der Waals surface area (Å²) in [6, 6.07) is 3.92. The number of piperidine rings is 1. The largest absolute Gasteiger partial charge is 0.397 e. The molecule has 1 aromatic rings. The van der Waals surface area contributed by atoms with Crippen molar-refractivity contribution in [3.63, 3.8) is 0 Å². The molecule has 0 spiro atoms. The third-order valence-electron chi connectivity index (χ3n) is 3.44. The molecule has 1 aliphatic rings. The van der Waals surface area contributed by atoms with E-state index in [9.17, 15) is 0 Å². The molecule has 1 fully saturated rings. The van der Waals surface area contributed by atoms with E-state index in [2.05, 4.69) is 9.88 Å². The number of hydrogen-bond acceptors (Lipinski definition) is 4. The van der Waals surface area contributed by atoms with E-state index in [0.717, 1.165) is 37.1 Å². The summed E-state index contributed by atoms with van der Waals surface area (Å²) in [5, 5.41) is 0. The molecule has 0 radical (unpaired) electrons. The van der Waals surface area contributed by atoms with E-state index in [-0.39, 0.29) is 0 Å². The van der Waals surface area contributed by atoms with Gasteiger partial charge in [-0.2, -0.15) is 0 Å². The predicted molar refractivity (Wildman–Crippen MR) is 70.1 cm³/mol. The number of hydrogen-bond donors (Lipinski definition) is 1. The molecule has 2 heterocycles. The van der Waals surface area contributed by atoms with Crippen LogP contribution in [0, 0.1) is 5.92 Å². The van der Waals surface area contributed by atoms with E-state index in [0.29, 0.717) is 0 Å². The minimum absolute atomic E-state index is 0.726. The number of rotatable bonds is 4. The van der Waals surface area contributed by atoms with Gasteiger partial charge in [-0.1, -0.05) is 0 Å². The second-order valence-corrected chi connectivity index (χ2v) is 4.66. The third-order valence-corrected chi connectivity index (χ3v) is 3.44. The average Bonchev–Trinajstić information content (AvgIpc) is 2.38. The Balaban J connectivity index is 1.84. The van der Waals surface area contributed by atoms with Gasteiger partial charge < -0.3 is 15.4 Å². The van der Waals surface area contributed by atoms with Gasteiger partial charge in [0.05, 0.1) is 11.9 Å². The molecule has 0 atom stereocenters. The highest BCUT2D eigenvalue weighted by atomic mass is 16.5. The lowest BCUT2D eigenvalue weighted by Gasteiger charge is -2.32. The van der Waals surface area contributed by atoms with Crippen LogP contribution in [0.4, 0.5) is 11.5 Å². The Morgan fingerprint density at radius 2 is 2.18 bits per heavy atom. The van der Waals surface area contributed by atoms with Crippen LogP contribution in [0.2, 0.25) is 0 Å². The van der Waals surface area contributed by atoms with Gasteiger partial charge in [0, 0.05) is 26.8 Å². The summed E-state index contributed by atoms with van der Waals surface area (Å²) >= 11 is 0. The molecule has 1 aromatic heterocycles. The molecule has 94 valence electrons. The van der Waals surface area contributed by atoms with Crippen molar-refractivity contribution in [1.82, 2.24) is 4.98 Å². The molecule has 1 saturated heterocycles. The number of aromatic nitrogens is 1. The van der Waals surface area contributed by atoms with Crippen LogP contribution in [0.15, 0.2) is 18.3 Å². The first kappa shape index (κ1) is 12.2. The van der Waals surface area contributed by atoms with E-state index in [4.69, 9.17) is 10.5 Å². The summed E-state index contributed by atoms with van der Waals surface area (Å²) in [6.07, 6.45) is 5.37. The standard InChI is InChI=1S/C13H21N3O/c1-17-9-6-11-4-7-16(8-5-11)13-3-2-12(14)10-15-13/h2-3,10-11H,4-9,14H2,1H3. The molecular formula is C13H21N3O. The Hall–Kier alpha value is -1.29. The van der Waals surface area contributed by atoms with Gasteiger partial charge in [0.2, 0.25) is 0 Å². The molecule has 0 aromatic carbocycles. The van der Waals surface area contributed by atoms with Crippen LogP contribution in [0.25, 0.3) is 0 Å². The minimum atomic E-state index is 0.726. The van der Waals surface area contributed by atoms with E-state index in [1.165, 1.54) is 19.3 Å². The van der Waals surface area contributed by atoms with E-state index in [1.54, 1.807) is 13.3 Å². The van der Waals surface area contributed by atoms with Gasteiger partial charge in [0.15, 0.2) is 0 Å². The fourth-order valence-electron chi connectivity index (χ4n) is 2.32. The monoisotopic (exact) mass is 235 g/mol. The molecule has 4 heteroatoms. The zero-order valence-electron chi connectivity index (χ0n) is 10.4. The van der Waals surface area contributed by atoms with Crippen LogP contribution in [-0.4, -0.2) is 31.8 Å². The highest BCUT2D eigenvalue weighted by Crippen LogP contribution is 2.24. The molecule has 0 saturated carbocycles. The normalized spacial score (nSPS) is 17.4. The SMILES string of the molecule is COCCC1CCN(c2ccc(N)cn2)CC1. The lowest BCUT2D eigenvalue weighted by atomic mass is 9.94. The summed E-state index contributed by atoms with van der Waals surface area (Å²) in [7, 11) is 1.77. The quantitative estimate of drug-likeness (QED) is 0.866. The topological polar surface area (TPSA) is 51.4 Å². The number of methoxy groups -OCH3 is 1. The summed E-state index contributed by atoms with van der Waals surface area (Å²) in [5.74, 6) is 1.85. The maximum atomic E-state index is 5.64. The number of nitrogens with zero attached hydrogens (tertiary/aromatic N) is 2. The summed E-state index contributed by atoms with van der Waals surface area (Å²) in [5.41, 5.74) is 6.36. The molecule has 0 amide bonds. The summed E-state index contributed by atoms with van der Waals surface area (Å²) < 4.78 is 5.13. The zero-order chi connectivity index (χ0) is 12.1.